The average Bonchev–Trinajstić information content (AvgIpc) is 3.50. The van der Waals surface area contributed by atoms with E-state index in [1.807, 2.05) is 6.07 Å². The Hall–Kier alpha value is -8.20. The van der Waals surface area contributed by atoms with Crippen molar-refractivity contribution in [1.82, 2.24) is 0 Å². The van der Waals surface area contributed by atoms with Crippen molar-refractivity contribution >= 4 is 17.1 Å². The van der Waals surface area contributed by atoms with Crippen LogP contribution in [-0.2, 0) is 5.41 Å². The molecule has 0 saturated heterocycles. The molecule has 3 aliphatic rings. The van der Waals surface area contributed by atoms with Gasteiger partial charge in [0.1, 0.15) is 11.5 Å². The van der Waals surface area contributed by atoms with Crippen LogP contribution in [0.2, 0.25) is 0 Å². The van der Waals surface area contributed by atoms with Gasteiger partial charge in [0, 0.05) is 28.2 Å². The van der Waals surface area contributed by atoms with Crippen LogP contribution >= 0.6 is 0 Å². The highest BCUT2D eigenvalue weighted by Crippen LogP contribution is 2.62. The summed E-state index contributed by atoms with van der Waals surface area (Å²) in [5.74, 6) is 1.70. The van der Waals surface area contributed by atoms with Gasteiger partial charge in [0.05, 0.1) is 5.41 Å². The minimum absolute atomic E-state index is 0.543. The molecule has 1 aliphatic heterocycles. The maximum Gasteiger partial charge on any atom is 0.135 e. The van der Waals surface area contributed by atoms with E-state index in [-0.39, 0.29) is 0 Å². The molecule has 10 aromatic carbocycles. The number of nitrogens with zero attached hydrogens (tertiary/aromatic N) is 1. The predicted molar refractivity (Wildman–Crippen MR) is 259 cm³/mol. The standard InChI is InChI=1S/C61H39NO/c1-2-16-40(17-3-1)41-30-32-42(33-31-41)62(44-35-37-60-54(39-44)48-21-7-5-19-46(48)52-25-11-15-29-59(52)63-60)43-34-36-58-53(38-43)47-20-6-4-18-45(47)49-22-8-12-26-55(49)61(58)56-27-13-9-23-50(56)51-24-10-14-28-57(51)61/h1-39H. The number of para-hydroxylation sites is 1. The first-order valence-corrected chi connectivity index (χ1v) is 21.8. The molecule has 0 unspecified atom stereocenters. The SMILES string of the molecule is c1ccc(-c2ccc(N(c3ccc4c(c3)-c3ccccc3-c3ccccc3O4)c3ccc4c(c3)-c3ccccc3-c3ccccc3C43c4ccccc4-c4ccccc43)cc2)cc1. The summed E-state index contributed by atoms with van der Waals surface area (Å²) in [6.07, 6.45) is 0. The van der Waals surface area contributed by atoms with Crippen molar-refractivity contribution in [1.29, 1.82) is 0 Å². The van der Waals surface area contributed by atoms with Gasteiger partial charge in [0.2, 0.25) is 0 Å². The molecule has 0 atom stereocenters. The lowest BCUT2D eigenvalue weighted by molar-refractivity contribution is 0.488. The van der Waals surface area contributed by atoms with Gasteiger partial charge in [-0.2, -0.15) is 0 Å². The first-order chi connectivity index (χ1) is 31.3. The minimum atomic E-state index is -0.543. The van der Waals surface area contributed by atoms with E-state index < -0.39 is 5.41 Å². The molecule has 0 aromatic heterocycles. The third-order valence-electron chi connectivity index (χ3n) is 13.5. The Bertz CT molecular complexity index is 3390. The largest absolute Gasteiger partial charge is 0.456 e. The van der Waals surface area contributed by atoms with Gasteiger partial charge in [-0.15, -0.1) is 0 Å². The Kier molecular flexibility index (Phi) is 7.85. The summed E-state index contributed by atoms with van der Waals surface area (Å²) in [4.78, 5) is 2.42. The van der Waals surface area contributed by atoms with Crippen molar-refractivity contribution in [2.75, 3.05) is 4.90 Å². The number of anilines is 3. The van der Waals surface area contributed by atoms with Gasteiger partial charge in [-0.1, -0.05) is 188 Å². The fourth-order valence-corrected chi connectivity index (χ4v) is 10.9. The normalized spacial score (nSPS) is 13.0. The quantitative estimate of drug-likeness (QED) is 0.176. The first kappa shape index (κ1) is 35.5. The molecule has 2 nitrogen and oxygen atoms in total. The fraction of sp³-hybridized carbons (Fsp3) is 0.0164. The number of benzene rings is 10. The van der Waals surface area contributed by atoms with Crippen LogP contribution in [0.25, 0.3) is 66.8 Å². The lowest BCUT2D eigenvalue weighted by atomic mass is 9.66. The van der Waals surface area contributed by atoms with E-state index in [1.54, 1.807) is 0 Å². The summed E-state index contributed by atoms with van der Waals surface area (Å²) >= 11 is 0. The second-order valence-electron chi connectivity index (χ2n) is 16.7. The average molecular weight is 802 g/mol. The highest BCUT2D eigenvalue weighted by molar-refractivity contribution is 5.99. The zero-order valence-electron chi connectivity index (χ0n) is 34.4. The molecule has 0 radical (unpaired) electrons. The summed E-state index contributed by atoms with van der Waals surface area (Å²) in [5, 5.41) is 0. The monoisotopic (exact) mass is 801 g/mol. The summed E-state index contributed by atoms with van der Waals surface area (Å²) in [6.45, 7) is 0. The minimum Gasteiger partial charge on any atom is -0.456 e. The third-order valence-corrected chi connectivity index (χ3v) is 13.5. The zero-order valence-corrected chi connectivity index (χ0v) is 34.4. The molecule has 2 heteroatoms. The van der Waals surface area contributed by atoms with Crippen LogP contribution < -0.4 is 9.64 Å². The summed E-state index contributed by atoms with van der Waals surface area (Å²) in [5.41, 5.74) is 22.2. The zero-order chi connectivity index (χ0) is 41.5. The van der Waals surface area contributed by atoms with E-state index in [0.29, 0.717) is 0 Å². The summed E-state index contributed by atoms with van der Waals surface area (Å²) in [6, 6.07) is 86.7. The van der Waals surface area contributed by atoms with E-state index in [1.165, 1.54) is 66.8 Å². The Morgan fingerprint density at radius 2 is 0.635 bits per heavy atom. The predicted octanol–water partition coefficient (Wildman–Crippen LogP) is 16.3. The number of hydrogen-bond acceptors (Lipinski definition) is 2. The van der Waals surface area contributed by atoms with Crippen LogP contribution in [0.5, 0.6) is 11.5 Å². The maximum absolute atomic E-state index is 6.75. The van der Waals surface area contributed by atoms with Crippen molar-refractivity contribution in [3.8, 4) is 78.3 Å². The molecule has 1 heterocycles. The smallest absolute Gasteiger partial charge is 0.135 e. The molecule has 63 heavy (non-hydrogen) atoms. The van der Waals surface area contributed by atoms with E-state index in [4.69, 9.17) is 4.74 Å². The highest BCUT2D eigenvalue weighted by Gasteiger charge is 2.49. The maximum atomic E-state index is 6.75. The van der Waals surface area contributed by atoms with Gasteiger partial charge in [-0.3, -0.25) is 0 Å². The molecule has 0 amide bonds. The number of ether oxygens (including phenoxy) is 1. The van der Waals surface area contributed by atoms with Crippen molar-refractivity contribution in [2.24, 2.45) is 0 Å². The molecule has 1 spiro atoms. The molecule has 0 N–H and O–H groups in total. The molecule has 0 fully saturated rings. The molecule has 294 valence electrons. The number of fused-ring (bicyclic) bond motifs is 17. The Labute approximate surface area is 367 Å². The summed E-state index contributed by atoms with van der Waals surface area (Å²) < 4.78 is 6.75. The van der Waals surface area contributed by atoms with Gasteiger partial charge in [-0.25, -0.2) is 0 Å². The first-order valence-electron chi connectivity index (χ1n) is 21.8. The van der Waals surface area contributed by atoms with Gasteiger partial charge < -0.3 is 9.64 Å². The molecule has 13 rings (SSSR count). The van der Waals surface area contributed by atoms with Crippen LogP contribution in [0.15, 0.2) is 237 Å². The van der Waals surface area contributed by atoms with Crippen LogP contribution in [0.1, 0.15) is 22.3 Å². The molecule has 2 aliphatic carbocycles. The molecular formula is C61H39NO. The van der Waals surface area contributed by atoms with Gasteiger partial charge >= 0.3 is 0 Å². The van der Waals surface area contributed by atoms with Crippen LogP contribution in [-0.4, -0.2) is 0 Å². The van der Waals surface area contributed by atoms with E-state index in [0.717, 1.165) is 50.8 Å². The van der Waals surface area contributed by atoms with Gasteiger partial charge in [-0.05, 0) is 126 Å². The van der Waals surface area contributed by atoms with Crippen molar-refractivity contribution < 1.29 is 4.74 Å². The number of hydrogen-bond donors (Lipinski definition) is 0. The molecule has 10 aromatic rings. The topological polar surface area (TPSA) is 12.5 Å². The van der Waals surface area contributed by atoms with Crippen molar-refractivity contribution in [3.63, 3.8) is 0 Å². The van der Waals surface area contributed by atoms with Crippen LogP contribution in [0.3, 0.4) is 0 Å². The van der Waals surface area contributed by atoms with E-state index in [2.05, 4.69) is 235 Å². The lowest BCUT2D eigenvalue weighted by Gasteiger charge is -2.36. The number of rotatable bonds is 4. The Balaban J connectivity index is 1.08. The molecule has 0 saturated carbocycles. The second kappa shape index (κ2) is 13.9. The second-order valence-corrected chi connectivity index (χ2v) is 16.7. The van der Waals surface area contributed by atoms with Gasteiger partial charge in [0.25, 0.3) is 0 Å². The van der Waals surface area contributed by atoms with Crippen LogP contribution in [0.4, 0.5) is 17.1 Å². The Morgan fingerprint density at radius 3 is 1.25 bits per heavy atom. The van der Waals surface area contributed by atoms with Gasteiger partial charge in [0.15, 0.2) is 0 Å². The third kappa shape index (κ3) is 5.25. The van der Waals surface area contributed by atoms with E-state index >= 15 is 0 Å². The molecule has 0 bridgehead atoms. The molecular weight excluding hydrogens is 763 g/mol. The van der Waals surface area contributed by atoms with E-state index in [9.17, 15) is 0 Å². The van der Waals surface area contributed by atoms with Crippen LogP contribution in [0, 0.1) is 0 Å². The summed E-state index contributed by atoms with van der Waals surface area (Å²) in [7, 11) is 0. The van der Waals surface area contributed by atoms with Crippen molar-refractivity contribution in [2.45, 2.75) is 5.41 Å². The van der Waals surface area contributed by atoms with Crippen molar-refractivity contribution in [3.05, 3.63) is 259 Å². The Morgan fingerprint density at radius 1 is 0.254 bits per heavy atom. The lowest BCUT2D eigenvalue weighted by Crippen LogP contribution is -2.29. The highest BCUT2D eigenvalue weighted by atomic mass is 16.5. The fourth-order valence-electron chi connectivity index (χ4n) is 10.9.